The van der Waals surface area contributed by atoms with E-state index < -0.39 is 87.4 Å². The second-order valence-corrected chi connectivity index (χ2v) is 20.0. The Morgan fingerprint density at radius 3 is 1.70 bits per heavy atom. The summed E-state index contributed by atoms with van der Waals surface area (Å²) in [5, 5.41) is 83.9. The maximum atomic E-state index is 15.0. The van der Waals surface area contributed by atoms with Crippen LogP contribution in [0.25, 0.3) is 11.0 Å². The minimum Gasteiger partial charge on any atom is -0.387 e. The van der Waals surface area contributed by atoms with Gasteiger partial charge in [-0.05, 0) is 42.8 Å². The summed E-state index contributed by atoms with van der Waals surface area (Å²) in [6, 6.07) is 15.4. The molecule has 0 amide bonds. The third-order valence-corrected chi connectivity index (χ3v) is 14.7. The molecule has 2 saturated heterocycles. The summed E-state index contributed by atoms with van der Waals surface area (Å²) in [5.41, 5.74) is 8.17. The zero-order valence-electron chi connectivity index (χ0n) is 41.0. The molecule has 0 unspecified atom stereocenters. The number of nitrogens with zero attached hydrogens (tertiary/aromatic N) is 9. The number of ether oxygens (including phenoxy) is 4. The van der Waals surface area contributed by atoms with Crippen LogP contribution in [0.3, 0.4) is 0 Å². The first kappa shape index (κ1) is 56.0. The van der Waals surface area contributed by atoms with Gasteiger partial charge in [0.25, 0.3) is 0 Å². The second kappa shape index (κ2) is 25.7. The number of benzene rings is 1. The molecule has 2 aliphatic rings. The van der Waals surface area contributed by atoms with E-state index in [-0.39, 0.29) is 58.4 Å². The summed E-state index contributed by atoms with van der Waals surface area (Å²) in [6.07, 6.45) is 4.24. The van der Waals surface area contributed by atoms with Crippen LogP contribution in [0.4, 0.5) is 16.0 Å². The molecule has 0 spiro atoms. The highest BCUT2D eigenvalue weighted by Gasteiger charge is 2.59. The van der Waals surface area contributed by atoms with Crippen molar-refractivity contribution in [1.29, 1.82) is 15.8 Å². The number of fused-ring (bicyclic) bond motifs is 2. The average Bonchev–Trinajstić information content (AvgIpc) is 4.17. The van der Waals surface area contributed by atoms with Gasteiger partial charge < -0.3 is 50.8 Å². The van der Waals surface area contributed by atoms with Crippen molar-refractivity contribution in [3.63, 3.8) is 0 Å². The number of halogens is 1. The minimum atomic E-state index is -5.01. The number of rotatable bonds is 29. The molecule has 0 radical (unpaired) electrons. The van der Waals surface area contributed by atoms with E-state index >= 15 is 4.39 Å². The van der Waals surface area contributed by atoms with Crippen LogP contribution in [-0.4, -0.2) is 125 Å². The zero-order valence-corrected chi connectivity index (χ0v) is 41.9. The van der Waals surface area contributed by atoms with Crippen molar-refractivity contribution < 1.29 is 61.9 Å². The number of aliphatic hydroxyl groups excluding tert-OH is 4. The fourth-order valence-corrected chi connectivity index (χ4v) is 10.3. The fourth-order valence-electron chi connectivity index (χ4n) is 9.06. The highest BCUT2D eigenvalue weighted by molar-refractivity contribution is 7.48. The van der Waals surface area contributed by atoms with E-state index in [0.29, 0.717) is 6.61 Å². The third-order valence-electron chi connectivity index (χ3n) is 13.3. The summed E-state index contributed by atoms with van der Waals surface area (Å²) in [7, 11) is -5.01. The number of aromatic nitrogens is 6. The van der Waals surface area contributed by atoms with Crippen LogP contribution in [0.15, 0.2) is 55.1 Å². The van der Waals surface area contributed by atoms with Crippen molar-refractivity contribution >= 4 is 30.5 Å². The van der Waals surface area contributed by atoms with Gasteiger partial charge in [0.1, 0.15) is 84.4 Å². The number of nitrogen functional groups attached to an aromatic ring is 2. The molecule has 5 aromatic rings. The predicted octanol–water partition coefficient (Wildman–Crippen LogP) is 4.79. The van der Waals surface area contributed by atoms with E-state index in [4.69, 9.17) is 44.0 Å². The quantitative estimate of drug-likeness (QED) is 0.0277. The first-order valence-electron chi connectivity index (χ1n) is 24.7. The number of hydrogen-bond acceptors (Lipinski definition) is 21. The van der Waals surface area contributed by atoms with Crippen LogP contribution in [0, 0.1) is 39.8 Å². The first-order chi connectivity index (χ1) is 35.7. The number of phosphoric acid groups is 1. The largest absolute Gasteiger partial charge is 0.475 e. The monoisotopic (exact) mass is 1050 g/mol. The van der Waals surface area contributed by atoms with Gasteiger partial charge in [0.05, 0.1) is 56.1 Å². The van der Waals surface area contributed by atoms with E-state index in [1.54, 1.807) is 0 Å². The first-order valence-corrected chi connectivity index (χ1v) is 26.2. The lowest BCUT2D eigenvalue weighted by Crippen LogP contribution is -2.41. The number of aliphatic hydroxyl groups is 4. The fraction of sp³-hybridized carbons (Fsp3) is 0.571. The molecular formula is C49H63FN11O12P. The van der Waals surface area contributed by atoms with Gasteiger partial charge in [-0.3, -0.25) is 13.6 Å². The van der Waals surface area contributed by atoms with E-state index in [1.165, 1.54) is 96.8 Å². The van der Waals surface area contributed by atoms with Gasteiger partial charge >= 0.3 is 7.82 Å². The van der Waals surface area contributed by atoms with Crippen molar-refractivity contribution in [3.05, 3.63) is 83.5 Å². The molecule has 8 N–H and O–H groups in total. The summed E-state index contributed by atoms with van der Waals surface area (Å²) in [6.45, 7) is -0.238. The van der Waals surface area contributed by atoms with Crippen LogP contribution in [-0.2, 0) is 54.9 Å². The summed E-state index contributed by atoms with van der Waals surface area (Å²) in [4.78, 5) is 7.87. The van der Waals surface area contributed by atoms with E-state index in [2.05, 4.69) is 27.1 Å². The second-order valence-electron chi connectivity index (χ2n) is 18.3. The molecule has 2 fully saturated rings. The standard InChI is InChI=1S/C49H63FN11O12P/c1-2-3-4-5-6-7-8-9-10-11-12-13-20-67-24-34(68-23-33-15-14-32(22-51)21-35(33)50)25-69-74(66,70-26-38-42(62)44(64)48(28-52,72-38)40-18-16-36-46(54)56-30-58-60(36)40)71-27-39-43(63)45(65)49(29-53,73-39)41-19-17-37-47(55)57-31-59-61(37)41/h14-19,21,30-31,34,38-39,42-45,62-65H,2-13,20,23-27H2,1H3,(H2,54,56,58)(H2,55,57,59)/t34-,38-,39-,42-,43-,44-,45-,48+,49+/m1/s1. The van der Waals surface area contributed by atoms with E-state index in [0.717, 1.165) is 44.4 Å². The summed E-state index contributed by atoms with van der Waals surface area (Å²) < 4.78 is 73.9. The number of hydrogen-bond donors (Lipinski definition) is 6. The van der Waals surface area contributed by atoms with Gasteiger partial charge in [-0.2, -0.15) is 26.0 Å². The molecule has 6 heterocycles. The van der Waals surface area contributed by atoms with Gasteiger partial charge in [-0.25, -0.2) is 28.0 Å². The maximum absolute atomic E-state index is 15.0. The highest BCUT2D eigenvalue weighted by Crippen LogP contribution is 2.52. The van der Waals surface area contributed by atoms with Crippen LogP contribution in [0.5, 0.6) is 0 Å². The molecule has 0 bridgehead atoms. The number of nitrogens with two attached hydrogens (primary N) is 2. The third kappa shape index (κ3) is 12.5. The lowest BCUT2D eigenvalue weighted by atomic mass is 9.92. The number of anilines is 2. The molecule has 1 aromatic carbocycles. The Kier molecular flexibility index (Phi) is 19.4. The lowest BCUT2D eigenvalue weighted by molar-refractivity contribution is -0.0803. The topological polar surface area (TPSA) is 346 Å². The Balaban J connectivity index is 1.06. The average molecular weight is 1050 g/mol. The Morgan fingerprint density at radius 1 is 0.730 bits per heavy atom. The molecule has 25 heteroatoms. The molecule has 4 aromatic heterocycles. The molecule has 9 atom stereocenters. The van der Waals surface area contributed by atoms with Crippen LogP contribution in [0.1, 0.15) is 106 Å². The molecule has 7 rings (SSSR count). The van der Waals surface area contributed by atoms with Crippen molar-refractivity contribution in [2.75, 3.05) is 44.5 Å². The normalized spacial score (nSPS) is 24.3. The lowest BCUT2D eigenvalue weighted by Gasteiger charge is -2.26. The van der Waals surface area contributed by atoms with E-state index in [9.17, 15) is 40.8 Å². The van der Waals surface area contributed by atoms with Crippen molar-refractivity contribution in [2.24, 2.45) is 0 Å². The predicted molar refractivity (Wildman–Crippen MR) is 260 cm³/mol. The van der Waals surface area contributed by atoms with Crippen molar-refractivity contribution in [3.8, 4) is 18.2 Å². The number of unbranched alkanes of at least 4 members (excludes halogenated alkanes) is 11. The van der Waals surface area contributed by atoms with Crippen LogP contribution < -0.4 is 11.5 Å². The molecular weight excluding hydrogens is 985 g/mol. The zero-order chi connectivity index (χ0) is 52.9. The smallest absolute Gasteiger partial charge is 0.387 e. The maximum Gasteiger partial charge on any atom is 0.475 e. The van der Waals surface area contributed by atoms with E-state index in [1.807, 2.05) is 18.2 Å². The van der Waals surface area contributed by atoms with Gasteiger partial charge in [-0.15, -0.1) is 0 Å². The number of phosphoric ester groups is 1. The Labute approximate surface area is 426 Å². The summed E-state index contributed by atoms with van der Waals surface area (Å²) >= 11 is 0. The SMILES string of the molecule is CCCCCCCCCCCCCCOC[C@H](COP(=O)(OC[C@H]1O[C@@](C#N)(c2ccc3c(N)ncnn23)[C@H](O)[C@@H]1O)OC[C@H]1O[C@@](C#N)(c2ccc3c(N)ncnn23)[C@H](O)[C@@H]1O)OCc1ccc(C#N)cc1F. The van der Waals surface area contributed by atoms with Gasteiger partial charge in [0.15, 0.2) is 11.6 Å². The molecule has 0 aliphatic carbocycles. The van der Waals surface area contributed by atoms with Gasteiger partial charge in [-0.1, -0.05) is 83.6 Å². The highest BCUT2D eigenvalue weighted by atomic mass is 31.2. The van der Waals surface area contributed by atoms with Crippen molar-refractivity contribution in [2.45, 2.75) is 145 Å². The molecule has 74 heavy (non-hydrogen) atoms. The Hall–Kier alpha value is -5.75. The summed E-state index contributed by atoms with van der Waals surface area (Å²) in [5.74, 6) is -0.598. The Bertz CT molecular complexity index is 2710. The Morgan fingerprint density at radius 2 is 1.23 bits per heavy atom. The molecule has 0 saturated carbocycles. The van der Waals surface area contributed by atoms with Crippen molar-refractivity contribution in [1.82, 2.24) is 29.2 Å². The van der Waals surface area contributed by atoms with Gasteiger partial charge in [0, 0.05) is 12.2 Å². The molecule has 398 valence electrons. The van der Waals surface area contributed by atoms with Crippen LogP contribution >= 0.6 is 7.82 Å². The number of nitriles is 3. The minimum absolute atomic E-state index is 0.0205. The molecule has 2 aliphatic heterocycles. The molecule has 23 nitrogen and oxygen atoms in total. The van der Waals surface area contributed by atoms with Crippen LogP contribution in [0.2, 0.25) is 0 Å². The van der Waals surface area contributed by atoms with Gasteiger partial charge in [0.2, 0.25) is 11.2 Å².